The Morgan fingerprint density at radius 3 is 2.80 bits per heavy atom. The lowest BCUT2D eigenvalue weighted by atomic mass is 9.91. The Morgan fingerprint density at radius 2 is 2.27 bits per heavy atom. The van der Waals surface area contributed by atoms with Crippen LogP contribution in [-0.4, -0.2) is 43.2 Å². The normalized spacial score (nSPS) is 28.9. The molecule has 2 N–H and O–H groups in total. The van der Waals surface area contributed by atoms with E-state index in [1.165, 1.54) is 13.5 Å². The molecule has 1 aliphatic rings. The summed E-state index contributed by atoms with van der Waals surface area (Å²) < 4.78 is 5.08. The lowest BCUT2D eigenvalue weighted by Crippen LogP contribution is -2.51. The van der Waals surface area contributed by atoms with E-state index < -0.39 is 6.10 Å². The predicted molar refractivity (Wildman–Crippen MR) is 59.4 cm³/mol. The molecule has 3 atom stereocenters. The van der Waals surface area contributed by atoms with E-state index in [1.807, 2.05) is 4.90 Å². The first-order valence-electron chi connectivity index (χ1n) is 5.65. The van der Waals surface area contributed by atoms with Crippen LogP contribution in [0.5, 0.6) is 0 Å². The molecule has 4 nitrogen and oxygen atoms in total. The molecule has 0 radical (unpaired) electrons. The van der Waals surface area contributed by atoms with Gasteiger partial charge < -0.3 is 15.4 Å². The highest BCUT2D eigenvalue weighted by Gasteiger charge is 2.31. The van der Waals surface area contributed by atoms with Gasteiger partial charge in [-0.15, -0.1) is 0 Å². The Balaban J connectivity index is 2.65. The van der Waals surface area contributed by atoms with Crippen molar-refractivity contribution in [2.45, 2.75) is 38.8 Å². The van der Waals surface area contributed by atoms with E-state index in [2.05, 4.69) is 13.8 Å². The van der Waals surface area contributed by atoms with Gasteiger partial charge in [0.25, 0.3) is 5.91 Å². The highest BCUT2D eigenvalue weighted by atomic mass is 16.5. The number of methoxy groups -OCH3 is 1. The lowest BCUT2D eigenvalue weighted by Gasteiger charge is -2.39. The maximum Gasteiger partial charge on any atom is 0.253 e. The second-order valence-corrected chi connectivity index (χ2v) is 4.35. The van der Waals surface area contributed by atoms with Crippen molar-refractivity contribution in [3.63, 3.8) is 0 Å². The largest absolute Gasteiger partial charge is 0.370 e. The van der Waals surface area contributed by atoms with Crippen LogP contribution >= 0.6 is 0 Å². The summed E-state index contributed by atoms with van der Waals surface area (Å²) in [4.78, 5) is 13.9. The molecule has 4 heteroatoms. The molecule has 0 aromatic heterocycles. The summed E-state index contributed by atoms with van der Waals surface area (Å²) >= 11 is 0. The monoisotopic (exact) mass is 214 g/mol. The molecule has 1 rings (SSSR count). The smallest absolute Gasteiger partial charge is 0.253 e. The molecule has 1 amide bonds. The van der Waals surface area contributed by atoms with Crippen molar-refractivity contribution in [2.75, 3.05) is 20.2 Å². The van der Waals surface area contributed by atoms with Gasteiger partial charge in [-0.3, -0.25) is 4.79 Å². The van der Waals surface area contributed by atoms with Gasteiger partial charge in [-0.1, -0.05) is 6.92 Å². The lowest BCUT2D eigenvalue weighted by molar-refractivity contribution is -0.146. The second kappa shape index (κ2) is 5.47. The first kappa shape index (κ1) is 12.5. The molecule has 0 spiro atoms. The minimum absolute atomic E-state index is 0.0408. The van der Waals surface area contributed by atoms with Crippen LogP contribution in [0, 0.1) is 5.92 Å². The highest BCUT2D eigenvalue weighted by molar-refractivity contribution is 5.81. The molecular weight excluding hydrogens is 192 g/mol. The number of nitrogens with two attached hydrogens (primary N) is 1. The molecule has 15 heavy (non-hydrogen) atoms. The van der Waals surface area contributed by atoms with Gasteiger partial charge in [0.2, 0.25) is 0 Å². The van der Waals surface area contributed by atoms with Crippen LogP contribution in [0.2, 0.25) is 0 Å². The minimum atomic E-state index is -0.474. The number of carbonyl (C=O) groups excluding carboxylic acids is 1. The highest BCUT2D eigenvalue weighted by Crippen LogP contribution is 2.23. The second-order valence-electron chi connectivity index (χ2n) is 4.35. The van der Waals surface area contributed by atoms with E-state index in [0.29, 0.717) is 12.0 Å². The van der Waals surface area contributed by atoms with E-state index in [1.54, 1.807) is 0 Å². The van der Waals surface area contributed by atoms with Crippen molar-refractivity contribution in [3.8, 4) is 0 Å². The molecule has 0 saturated carbocycles. The number of rotatable bonds is 3. The fourth-order valence-corrected chi connectivity index (χ4v) is 2.13. The Hall–Kier alpha value is -0.610. The quantitative estimate of drug-likeness (QED) is 0.749. The zero-order valence-electron chi connectivity index (χ0n) is 9.90. The summed E-state index contributed by atoms with van der Waals surface area (Å²) in [5.74, 6) is 0.608. The average molecular weight is 214 g/mol. The van der Waals surface area contributed by atoms with Crippen molar-refractivity contribution in [1.29, 1.82) is 0 Å². The molecule has 88 valence electrons. The Morgan fingerprint density at radius 1 is 1.60 bits per heavy atom. The number of likely N-dealkylation sites (tertiary alicyclic amines) is 1. The average Bonchev–Trinajstić information content (AvgIpc) is 2.23. The summed E-state index contributed by atoms with van der Waals surface area (Å²) in [5.41, 5.74) is 5.50. The van der Waals surface area contributed by atoms with Gasteiger partial charge in [0.05, 0.1) is 0 Å². The zero-order valence-corrected chi connectivity index (χ0v) is 9.90. The third-order valence-electron chi connectivity index (χ3n) is 3.43. The minimum Gasteiger partial charge on any atom is -0.370 e. The van der Waals surface area contributed by atoms with Crippen molar-refractivity contribution < 1.29 is 9.53 Å². The van der Waals surface area contributed by atoms with Crippen LogP contribution in [0.3, 0.4) is 0 Å². The number of carbonyl (C=O) groups is 1. The number of nitrogens with zero attached hydrogens (tertiary/aromatic N) is 1. The summed E-state index contributed by atoms with van der Waals surface area (Å²) in [7, 11) is 1.54. The zero-order chi connectivity index (χ0) is 11.4. The van der Waals surface area contributed by atoms with Gasteiger partial charge >= 0.3 is 0 Å². The van der Waals surface area contributed by atoms with Crippen LogP contribution in [0.1, 0.15) is 26.7 Å². The van der Waals surface area contributed by atoms with Crippen LogP contribution in [0.4, 0.5) is 0 Å². The Bertz CT molecular complexity index is 217. The van der Waals surface area contributed by atoms with Crippen LogP contribution < -0.4 is 5.73 Å². The molecule has 1 fully saturated rings. The number of ether oxygens (including phenoxy) is 1. The van der Waals surface area contributed by atoms with Crippen LogP contribution in [-0.2, 0) is 9.53 Å². The van der Waals surface area contributed by atoms with Gasteiger partial charge in [0, 0.05) is 26.2 Å². The third-order valence-corrected chi connectivity index (χ3v) is 3.43. The van der Waals surface area contributed by atoms with Crippen molar-refractivity contribution in [3.05, 3.63) is 0 Å². The van der Waals surface area contributed by atoms with Crippen LogP contribution in [0.25, 0.3) is 0 Å². The SMILES string of the molecule is COC(CN)C(=O)N1CCCC(C)C1C. The standard InChI is InChI=1S/C11H22N2O2/c1-8-5-4-6-13(9(8)2)11(14)10(7-12)15-3/h8-10H,4-7,12H2,1-3H3. The van der Waals surface area contributed by atoms with Crippen LogP contribution in [0.15, 0.2) is 0 Å². The van der Waals surface area contributed by atoms with E-state index >= 15 is 0 Å². The first-order valence-corrected chi connectivity index (χ1v) is 5.65. The molecule has 1 aliphatic heterocycles. The van der Waals surface area contributed by atoms with Gasteiger partial charge in [-0.05, 0) is 25.7 Å². The van der Waals surface area contributed by atoms with E-state index in [9.17, 15) is 4.79 Å². The third kappa shape index (κ3) is 2.69. The number of hydrogen-bond donors (Lipinski definition) is 1. The van der Waals surface area contributed by atoms with E-state index in [4.69, 9.17) is 10.5 Å². The summed E-state index contributed by atoms with van der Waals surface area (Å²) in [5, 5.41) is 0. The number of hydrogen-bond acceptors (Lipinski definition) is 3. The fourth-order valence-electron chi connectivity index (χ4n) is 2.13. The van der Waals surface area contributed by atoms with Crippen molar-refractivity contribution in [1.82, 2.24) is 4.90 Å². The molecule has 0 aromatic carbocycles. The molecule has 0 aromatic rings. The molecule has 0 aliphatic carbocycles. The molecule has 3 unspecified atom stereocenters. The molecular formula is C11H22N2O2. The number of amides is 1. The topological polar surface area (TPSA) is 55.6 Å². The van der Waals surface area contributed by atoms with Crippen molar-refractivity contribution in [2.24, 2.45) is 11.7 Å². The van der Waals surface area contributed by atoms with Gasteiger partial charge in [0.1, 0.15) is 6.10 Å². The first-order chi connectivity index (χ1) is 7.11. The van der Waals surface area contributed by atoms with Crippen molar-refractivity contribution >= 4 is 5.91 Å². The maximum atomic E-state index is 12.0. The summed E-state index contributed by atoms with van der Waals surface area (Å²) in [6.07, 6.45) is 1.81. The van der Waals surface area contributed by atoms with E-state index in [-0.39, 0.29) is 12.5 Å². The molecule has 0 bridgehead atoms. The fraction of sp³-hybridized carbons (Fsp3) is 0.909. The number of piperidine rings is 1. The van der Waals surface area contributed by atoms with Gasteiger partial charge in [-0.25, -0.2) is 0 Å². The Labute approximate surface area is 91.8 Å². The maximum absolute atomic E-state index is 12.0. The predicted octanol–water partition coefficient (Wildman–Crippen LogP) is 0.607. The molecule has 1 saturated heterocycles. The Kier molecular flexibility index (Phi) is 4.54. The van der Waals surface area contributed by atoms with Gasteiger partial charge in [0.15, 0.2) is 0 Å². The summed E-state index contributed by atoms with van der Waals surface area (Å²) in [6, 6.07) is 0.301. The van der Waals surface area contributed by atoms with Gasteiger partial charge in [-0.2, -0.15) is 0 Å². The molecule has 1 heterocycles. The van der Waals surface area contributed by atoms with E-state index in [0.717, 1.165) is 13.0 Å². The summed E-state index contributed by atoms with van der Waals surface area (Å²) in [6.45, 7) is 5.39.